The van der Waals surface area contributed by atoms with Crippen LogP contribution in [0, 0.1) is 11.7 Å². The molecule has 4 nitrogen and oxygen atoms in total. The van der Waals surface area contributed by atoms with E-state index in [1.54, 1.807) is 0 Å². The highest BCUT2D eigenvalue weighted by molar-refractivity contribution is 6.30. The fourth-order valence-electron chi connectivity index (χ4n) is 1.92. The summed E-state index contributed by atoms with van der Waals surface area (Å²) < 4.78 is 13.5. The summed E-state index contributed by atoms with van der Waals surface area (Å²) in [6, 6.07) is 3.91. The number of halogens is 3. The molecule has 1 aliphatic heterocycles. The molecule has 19 heavy (non-hydrogen) atoms. The normalized spacial score (nSPS) is 21.8. The molecule has 0 saturated carbocycles. The molecule has 0 bridgehead atoms. The van der Waals surface area contributed by atoms with E-state index in [9.17, 15) is 14.3 Å². The van der Waals surface area contributed by atoms with Crippen molar-refractivity contribution in [2.45, 2.75) is 6.10 Å². The second-order valence-electron chi connectivity index (χ2n) is 4.32. The summed E-state index contributed by atoms with van der Waals surface area (Å²) >= 11 is 5.61. The van der Waals surface area contributed by atoms with Crippen LogP contribution < -0.4 is 10.6 Å². The van der Waals surface area contributed by atoms with Crippen molar-refractivity contribution in [3.63, 3.8) is 0 Å². The van der Waals surface area contributed by atoms with Crippen molar-refractivity contribution in [3.05, 3.63) is 34.6 Å². The molecular weight excluding hydrogens is 294 g/mol. The maximum Gasteiger partial charge on any atom is 0.254 e. The Morgan fingerprint density at radius 3 is 2.84 bits per heavy atom. The highest BCUT2D eigenvalue weighted by atomic mass is 35.5. The smallest absolute Gasteiger partial charge is 0.254 e. The summed E-state index contributed by atoms with van der Waals surface area (Å²) in [7, 11) is 0. The number of hydrogen-bond donors (Lipinski definition) is 3. The van der Waals surface area contributed by atoms with Gasteiger partial charge in [0.15, 0.2) is 0 Å². The van der Waals surface area contributed by atoms with Gasteiger partial charge in [-0.25, -0.2) is 4.39 Å². The fourth-order valence-corrected chi connectivity index (χ4v) is 2.08. The lowest BCUT2D eigenvalue weighted by molar-refractivity contribution is 0.0923. The van der Waals surface area contributed by atoms with Crippen LogP contribution in [0.4, 0.5) is 4.39 Å². The number of aliphatic hydroxyl groups is 1. The standard InChI is InChI=1S/C12H14ClFN2O2.ClH/c13-8-1-2-9(10(14)3-8)12(18)16-5-7-4-15-6-11(7)17;/h1-3,7,11,15,17H,4-6H2,(H,16,18);1H. The first-order valence-electron chi connectivity index (χ1n) is 5.70. The van der Waals surface area contributed by atoms with Crippen LogP contribution in [0.15, 0.2) is 18.2 Å². The maximum atomic E-state index is 13.5. The molecule has 0 aromatic heterocycles. The first-order chi connectivity index (χ1) is 8.58. The lowest BCUT2D eigenvalue weighted by atomic mass is 10.1. The Balaban J connectivity index is 0.00000180. The number of hydrogen-bond acceptors (Lipinski definition) is 3. The average molecular weight is 309 g/mol. The highest BCUT2D eigenvalue weighted by Crippen LogP contribution is 2.15. The van der Waals surface area contributed by atoms with Crippen molar-refractivity contribution < 1.29 is 14.3 Å². The van der Waals surface area contributed by atoms with Gasteiger partial charge in [-0.15, -0.1) is 12.4 Å². The predicted molar refractivity (Wildman–Crippen MR) is 73.4 cm³/mol. The first-order valence-corrected chi connectivity index (χ1v) is 6.08. The van der Waals surface area contributed by atoms with E-state index >= 15 is 0 Å². The Morgan fingerprint density at radius 2 is 2.26 bits per heavy atom. The summed E-state index contributed by atoms with van der Waals surface area (Å²) in [5, 5.41) is 15.4. The van der Waals surface area contributed by atoms with Crippen LogP contribution in [0.25, 0.3) is 0 Å². The Kier molecular flexibility index (Phi) is 6.00. The zero-order valence-electron chi connectivity index (χ0n) is 10.0. The van der Waals surface area contributed by atoms with Crippen LogP contribution in [0.2, 0.25) is 5.02 Å². The SMILES string of the molecule is Cl.O=C(NCC1CNCC1O)c1ccc(Cl)cc1F. The number of benzene rings is 1. The number of amides is 1. The minimum Gasteiger partial charge on any atom is -0.391 e. The zero-order valence-corrected chi connectivity index (χ0v) is 11.6. The van der Waals surface area contributed by atoms with Gasteiger partial charge in [-0.3, -0.25) is 4.79 Å². The van der Waals surface area contributed by atoms with Crippen molar-refractivity contribution in [2.75, 3.05) is 19.6 Å². The monoisotopic (exact) mass is 308 g/mol. The van der Waals surface area contributed by atoms with Gasteiger partial charge in [0.05, 0.1) is 11.7 Å². The summed E-state index contributed by atoms with van der Waals surface area (Å²) in [4.78, 5) is 11.7. The van der Waals surface area contributed by atoms with E-state index in [4.69, 9.17) is 11.6 Å². The molecule has 1 aromatic rings. The Hall–Kier alpha value is -0.880. The fraction of sp³-hybridized carbons (Fsp3) is 0.417. The van der Waals surface area contributed by atoms with Gasteiger partial charge in [0, 0.05) is 30.6 Å². The van der Waals surface area contributed by atoms with E-state index < -0.39 is 17.8 Å². The van der Waals surface area contributed by atoms with Crippen LogP contribution in [0.1, 0.15) is 10.4 Å². The Labute approximate surface area is 121 Å². The zero-order chi connectivity index (χ0) is 13.1. The predicted octanol–water partition coefficient (Wildman–Crippen LogP) is 1.21. The van der Waals surface area contributed by atoms with E-state index in [0.717, 1.165) is 6.07 Å². The molecule has 1 fully saturated rings. The van der Waals surface area contributed by atoms with Gasteiger partial charge in [-0.05, 0) is 18.2 Å². The molecule has 1 aliphatic rings. The van der Waals surface area contributed by atoms with Crippen molar-refractivity contribution in [1.29, 1.82) is 0 Å². The van der Waals surface area contributed by atoms with Crippen LogP contribution in [-0.2, 0) is 0 Å². The molecule has 2 atom stereocenters. The van der Waals surface area contributed by atoms with E-state index in [1.807, 2.05) is 0 Å². The molecule has 2 unspecified atom stereocenters. The van der Waals surface area contributed by atoms with Gasteiger partial charge < -0.3 is 15.7 Å². The third kappa shape index (κ3) is 4.04. The number of β-amino-alcohol motifs (C(OH)–C–C–N with tert-alkyl or cyclic N) is 1. The molecule has 1 aromatic carbocycles. The molecule has 106 valence electrons. The molecule has 7 heteroatoms. The number of nitrogens with one attached hydrogen (secondary N) is 2. The third-order valence-electron chi connectivity index (χ3n) is 3.00. The largest absolute Gasteiger partial charge is 0.391 e. The quantitative estimate of drug-likeness (QED) is 0.786. The van der Waals surface area contributed by atoms with Gasteiger partial charge in [-0.2, -0.15) is 0 Å². The second-order valence-corrected chi connectivity index (χ2v) is 4.76. The van der Waals surface area contributed by atoms with Crippen molar-refractivity contribution in [3.8, 4) is 0 Å². The van der Waals surface area contributed by atoms with E-state index in [2.05, 4.69) is 10.6 Å². The van der Waals surface area contributed by atoms with Gasteiger partial charge in [0.25, 0.3) is 5.91 Å². The van der Waals surface area contributed by atoms with Crippen LogP contribution >= 0.6 is 24.0 Å². The molecule has 2 rings (SSSR count). The molecule has 1 heterocycles. The van der Waals surface area contributed by atoms with E-state index in [-0.39, 0.29) is 28.9 Å². The third-order valence-corrected chi connectivity index (χ3v) is 3.24. The van der Waals surface area contributed by atoms with Crippen LogP contribution in [-0.4, -0.2) is 36.8 Å². The lowest BCUT2D eigenvalue weighted by Gasteiger charge is -2.14. The number of carbonyl (C=O) groups is 1. The van der Waals surface area contributed by atoms with E-state index in [0.29, 0.717) is 19.6 Å². The van der Waals surface area contributed by atoms with Crippen molar-refractivity contribution in [1.82, 2.24) is 10.6 Å². The van der Waals surface area contributed by atoms with Crippen molar-refractivity contribution in [2.24, 2.45) is 5.92 Å². The number of aliphatic hydroxyl groups excluding tert-OH is 1. The molecule has 1 saturated heterocycles. The summed E-state index contributed by atoms with van der Waals surface area (Å²) in [6.45, 7) is 1.48. The number of rotatable bonds is 3. The van der Waals surface area contributed by atoms with Crippen LogP contribution in [0.5, 0.6) is 0 Å². The van der Waals surface area contributed by atoms with Crippen molar-refractivity contribution >= 4 is 29.9 Å². The molecule has 1 amide bonds. The number of carbonyl (C=O) groups excluding carboxylic acids is 1. The summed E-state index contributed by atoms with van der Waals surface area (Å²) in [5.74, 6) is -1.18. The van der Waals surface area contributed by atoms with Crippen LogP contribution in [0.3, 0.4) is 0 Å². The molecule has 0 aliphatic carbocycles. The highest BCUT2D eigenvalue weighted by Gasteiger charge is 2.25. The molecule has 0 spiro atoms. The minimum atomic E-state index is -0.648. The topological polar surface area (TPSA) is 61.4 Å². The Bertz CT molecular complexity index is 459. The first kappa shape index (κ1) is 16.2. The summed E-state index contributed by atoms with van der Waals surface area (Å²) in [5.41, 5.74) is -0.0418. The van der Waals surface area contributed by atoms with Gasteiger partial charge >= 0.3 is 0 Å². The maximum absolute atomic E-state index is 13.5. The molecule has 0 radical (unpaired) electrons. The molecular formula is C12H15Cl2FN2O2. The average Bonchev–Trinajstić information content (AvgIpc) is 2.72. The van der Waals surface area contributed by atoms with Gasteiger partial charge in [0.1, 0.15) is 5.82 Å². The van der Waals surface area contributed by atoms with Gasteiger partial charge in [-0.1, -0.05) is 11.6 Å². The minimum absolute atomic E-state index is 0. The molecule has 3 N–H and O–H groups in total. The van der Waals surface area contributed by atoms with Gasteiger partial charge in [0.2, 0.25) is 0 Å². The Morgan fingerprint density at radius 1 is 1.53 bits per heavy atom. The summed E-state index contributed by atoms with van der Waals surface area (Å²) in [6.07, 6.45) is -0.472. The lowest BCUT2D eigenvalue weighted by Crippen LogP contribution is -2.34. The van der Waals surface area contributed by atoms with E-state index in [1.165, 1.54) is 12.1 Å². The second kappa shape index (κ2) is 7.05.